The lowest BCUT2D eigenvalue weighted by Crippen LogP contribution is -2.28. The van der Waals surface area contributed by atoms with Gasteiger partial charge in [0.05, 0.1) is 11.3 Å². The Balaban J connectivity index is 1.72. The van der Waals surface area contributed by atoms with E-state index in [0.717, 1.165) is 41.9 Å². The van der Waals surface area contributed by atoms with Gasteiger partial charge in [-0.2, -0.15) is 5.26 Å². The summed E-state index contributed by atoms with van der Waals surface area (Å²) in [6, 6.07) is 19.2. The molecule has 4 rings (SSSR count). The van der Waals surface area contributed by atoms with Crippen LogP contribution >= 0.6 is 23.4 Å². The highest BCUT2D eigenvalue weighted by atomic mass is 35.5. The van der Waals surface area contributed by atoms with E-state index in [2.05, 4.69) is 18.0 Å². The summed E-state index contributed by atoms with van der Waals surface area (Å²) < 4.78 is 0. The van der Waals surface area contributed by atoms with Gasteiger partial charge in [0.15, 0.2) is 5.78 Å². The minimum absolute atomic E-state index is 0.0129. The van der Waals surface area contributed by atoms with Gasteiger partial charge in [-0.15, -0.1) is 0 Å². The third-order valence-corrected chi connectivity index (χ3v) is 6.42. The summed E-state index contributed by atoms with van der Waals surface area (Å²) in [5, 5.41) is 11.2. The SMILES string of the molecule is CN1CCc2nc(SCC(=O)c3ccc(Cl)cc3)c(C#N)c(-c3ccccc3)c2C1. The number of halogens is 1. The molecule has 6 heteroatoms. The second kappa shape index (κ2) is 9.01. The van der Waals surface area contributed by atoms with Crippen molar-refractivity contribution in [1.29, 1.82) is 5.26 Å². The fourth-order valence-electron chi connectivity index (χ4n) is 3.66. The third-order valence-electron chi connectivity index (χ3n) is 5.19. The summed E-state index contributed by atoms with van der Waals surface area (Å²) in [7, 11) is 2.08. The number of nitrogens with zero attached hydrogens (tertiary/aromatic N) is 3. The topological polar surface area (TPSA) is 57.0 Å². The molecule has 0 unspecified atom stereocenters. The summed E-state index contributed by atoms with van der Waals surface area (Å²) >= 11 is 7.25. The normalized spacial score (nSPS) is 13.5. The van der Waals surface area contributed by atoms with Crippen molar-refractivity contribution in [2.45, 2.75) is 18.0 Å². The summed E-state index contributed by atoms with van der Waals surface area (Å²) in [5.74, 6) is 0.206. The number of benzene rings is 2. The zero-order valence-corrected chi connectivity index (χ0v) is 18.1. The lowest BCUT2D eigenvalue weighted by molar-refractivity contribution is 0.102. The number of aromatic nitrogens is 1. The Morgan fingerprint density at radius 2 is 1.93 bits per heavy atom. The van der Waals surface area contributed by atoms with Crippen LogP contribution in [0.25, 0.3) is 11.1 Å². The van der Waals surface area contributed by atoms with Crippen LogP contribution < -0.4 is 0 Å². The maximum Gasteiger partial charge on any atom is 0.173 e. The van der Waals surface area contributed by atoms with Gasteiger partial charge in [0.2, 0.25) is 0 Å². The molecule has 0 saturated heterocycles. The number of hydrogen-bond acceptors (Lipinski definition) is 5. The summed E-state index contributed by atoms with van der Waals surface area (Å²) in [4.78, 5) is 19.7. The first-order valence-electron chi connectivity index (χ1n) is 9.68. The van der Waals surface area contributed by atoms with Crippen molar-refractivity contribution >= 4 is 29.1 Å². The highest BCUT2D eigenvalue weighted by molar-refractivity contribution is 8.00. The minimum Gasteiger partial charge on any atom is -0.302 e. The first-order valence-corrected chi connectivity index (χ1v) is 11.0. The number of hydrogen-bond donors (Lipinski definition) is 0. The maximum atomic E-state index is 12.6. The van der Waals surface area contributed by atoms with Crippen molar-refractivity contribution in [1.82, 2.24) is 9.88 Å². The predicted octanol–water partition coefficient (Wildman–Crippen LogP) is 5.24. The second-order valence-corrected chi connectivity index (χ2v) is 8.68. The molecule has 1 aliphatic rings. The number of pyridine rings is 1. The van der Waals surface area contributed by atoms with E-state index < -0.39 is 0 Å². The average Bonchev–Trinajstić information content (AvgIpc) is 2.77. The molecule has 1 aromatic heterocycles. The van der Waals surface area contributed by atoms with E-state index >= 15 is 0 Å². The van der Waals surface area contributed by atoms with E-state index in [9.17, 15) is 10.1 Å². The molecule has 0 radical (unpaired) electrons. The Bertz CT molecular complexity index is 1120. The summed E-state index contributed by atoms with van der Waals surface area (Å²) in [6.45, 7) is 1.68. The van der Waals surface area contributed by atoms with Gasteiger partial charge < -0.3 is 4.90 Å². The Morgan fingerprint density at radius 3 is 2.63 bits per heavy atom. The fourth-order valence-corrected chi connectivity index (χ4v) is 4.68. The number of thioether (sulfide) groups is 1. The lowest BCUT2D eigenvalue weighted by Gasteiger charge is -2.28. The van der Waals surface area contributed by atoms with Crippen LogP contribution in [-0.2, 0) is 13.0 Å². The molecule has 0 N–H and O–H groups in total. The van der Waals surface area contributed by atoms with Crippen molar-refractivity contribution in [3.63, 3.8) is 0 Å². The van der Waals surface area contributed by atoms with Gasteiger partial charge in [0.1, 0.15) is 11.1 Å². The van der Waals surface area contributed by atoms with Gasteiger partial charge in [0, 0.05) is 41.4 Å². The standard InChI is InChI=1S/C24H20ClN3OS/c1-28-12-11-21-20(14-28)23(17-5-3-2-4-6-17)19(13-26)24(27-21)30-15-22(29)16-7-9-18(25)10-8-16/h2-10H,11-12,14-15H2,1H3. The van der Waals surface area contributed by atoms with Crippen molar-refractivity contribution in [3.8, 4) is 17.2 Å². The van der Waals surface area contributed by atoms with Crippen LogP contribution in [0.2, 0.25) is 5.02 Å². The van der Waals surface area contributed by atoms with E-state index in [-0.39, 0.29) is 11.5 Å². The van der Waals surface area contributed by atoms with Gasteiger partial charge in [-0.3, -0.25) is 4.79 Å². The average molecular weight is 434 g/mol. The molecule has 2 aromatic carbocycles. The van der Waals surface area contributed by atoms with Crippen LogP contribution in [-0.4, -0.2) is 35.0 Å². The Kier molecular flexibility index (Phi) is 6.19. The molecule has 30 heavy (non-hydrogen) atoms. The molecule has 0 spiro atoms. The summed E-state index contributed by atoms with van der Waals surface area (Å²) in [6.07, 6.45) is 0.829. The predicted molar refractivity (Wildman–Crippen MR) is 121 cm³/mol. The van der Waals surface area contributed by atoms with E-state index in [4.69, 9.17) is 16.6 Å². The van der Waals surface area contributed by atoms with E-state index in [1.54, 1.807) is 24.3 Å². The van der Waals surface area contributed by atoms with Crippen LogP contribution in [0.3, 0.4) is 0 Å². The molecule has 0 bridgehead atoms. The molecule has 1 aliphatic heterocycles. The molecule has 0 aliphatic carbocycles. The van der Waals surface area contributed by atoms with Crippen LogP contribution in [0.4, 0.5) is 0 Å². The second-order valence-electron chi connectivity index (χ2n) is 7.28. The Morgan fingerprint density at radius 1 is 1.20 bits per heavy atom. The van der Waals surface area contributed by atoms with Gasteiger partial charge >= 0.3 is 0 Å². The Labute approximate surface area is 185 Å². The number of ketones is 1. The van der Waals surface area contributed by atoms with E-state index in [0.29, 0.717) is 21.2 Å². The number of rotatable bonds is 5. The van der Waals surface area contributed by atoms with Gasteiger partial charge in [0.25, 0.3) is 0 Å². The summed E-state index contributed by atoms with van der Waals surface area (Å²) in [5.41, 5.74) is 5.23. The van der Waals surface area contributed by atoms with Crippen molar-refractivity contribution in [3.05, 3.63) is 82.0 Å². The molecule has 150 valence electrons. The molecule has 0 amide bonds. The van der Waals surface area contributed by atoms with Crippen LogP contribution in [0, 0.1) is 11.3 Å². The zero-order valence-electron chi connectivity index (χ0n) is 16.6. The Hall–Kier alpha value is -2.65. The smallest absolute Gasteiger partial charge is 0.173 e. The molecule has 4 nitrogen and oxygen atoms in total. The van der Waals surface area contributed by atoms with Crippen LogP contribution in [0.15, 0.2) is 59.6 Å². The van der Waals surface area contributed by atoms with Gasteiger partial charge in [-0.05, 0) is 42.4 Å². The highest BCUT2D eigenvalue weighted by Gasteiger charge is 2.25. The highest BCUT2D eigenvalue weighted by Crippen LogP contribution is 2.37. The van der Waals surface area contributed by atoms with Gasteiger partial charge in [-0.25, -0.2) is 4.98 Å². The van der Waals surface area contributed by atoms with Crippen LogP contribution in [0.5, 0.6) is 0 Å². The number of likely N-dealkylation sites (N-methyl/N-ethyl adjacent to an activating group) is 1. The molecule has 0 atom stereocenters. The number of carbonyl (C=O) groups is 1. The van der Waals surface area contributed by atoms with Gasteiger partial charge in [-0.1, -0.05) is 53.7 Å². The number of Topliss-reactive ketones (excluding diaryl/α,β-unsaturated/α-hetero) is 1. The first kappa shape index (κ1) is 20.6. The quantitative estimate of drug-likeness (QED) is 0.407. The van der Waals surface area contributed by atoms with Crippen molar-refractivity contribution in [2.75, 3.05) is 19.3 Å². The first-order chi connectivity index (χ1) is 14.6. The third kappa shape index (κ3) is 4.27. The van der Waals surface area contributed by atoms with E-state index in [1.165, 1.54) is 11.8 Å². The number of fused-ring (bicyclic) bond motifs is 1. The number of carbonyl (C=O) groups excluding carboxylic acids is 1. The minimum atomic E-state index is -0.0129. The maximum absolute atomic E-state index is 12.6. The van der Waals surface area contributed by atoms with Crippen molar-refractivity contribution in [2.24, 2.45) is 0 Å². The van der Waals surface area contributed by atoms with E-state index in [1.807, 2.05) is 30.3 Å². The van der Waals surface area contributed by atoms with Crippen molar-refractivity contribution < 1.29 is 4.79 Å². The molecule has 3 aromatic rings. The fraction of sp³-hybridized carbons (Fsp3) is 0.208. The molecular weight excluding hydrogens is 414 g/mol. The number of nitriles is 1. The largest absolute Gasteiger partial charge is 0.302 e. The lowest BCUT2D eigenvalue weighted by atomic mass is 9.92. The molecule has 0 saturated carbocycles. The van der Waals surface area contributed by atoms with Crippen LogP contribution in [0.1, 0.15) is 27.2 Å². The monoisotopic (exact) mass is 433 g/mol. The molecule has 0 fully saturated rings. The molecular formula is C24H20ClN3OS. The zero-order chi connectivity index (χ0) is 21.1. The molecule has 2 heterocycles.